The molecule has 1 aromatic heterocycles. The zero-order valence-corrected chi connectivity index (χ0v) is 16.6. The molecule has 8 heteroatoms. The zero-order valence-electron chi connectivity index (χ0n) is 16.6. The average Bonchev–Trinajstić information content (AvgIpc) is 3.09. The second-order valence-electron chi connectivity index (χ2n) is 7.54. The fourth-order valence-electron chi connectivity index (χ4n) is 2.88. The lowest BCUT2D eigenvalue weighted by molar-refractivity contribution is 0.0270. The molecule has 0 unspecified atom stereocenters. The van der Waals surface area contributed by atoms with Gasteiger partial charge in [-0.25, -0.2) is 9.18 Å². The van der Waals surface area contributed by atoms with Gasteiger partial charge >= 0.3 is 12.1 Å². The highest BCUT2D eigenvalue weighted by Crippen LogP contribution is 2.29. The number of halogens is 1. The summed E-state index contributed by atoms with van der Waals surface area (Å²) in [5.41, 5.74) is 1.36. The number of ether oxygens (including phenoxy) is 1. The average molecular weight is 388 g/mol. The third-order valence-electron chi connectivity index (χ3n) is 4.18. The van der Waals surface area contributed by atoms with E-state index in [0.717, 1.165) is 5.57 Å². The van der Waals surface area contributed by atoms with Gasteiger partial charge in [-0.2, -0.15) is 0 Å². The summed E-state index contributed by atoms with van der Waals surface area (Å²) in [5, 5.41) is 10.7. The molecule has 2 heterocycles. The Morgan fingerprint density at radius 2 is 2.14 bits per heavy atom. The monoisotopic (exact) mass is 388 g/mol. The molecule has 0 saturated carbocycles. The number of hydrogen-bond acceptors (Lipinski definition) is 6. The van der Waals surface area contributed by atoms with Crippen molar-refractivity contribution in [1.82, 2.24) is 15.1 Å². The van der Waals surface area contributed by atoms with E-state index in [1.165, 1.54) is 6.07 Å². The SMILES string of the molecule is CCNc1nnc(-c2ccc(C3=CCN(C(=O)OC(C)(C)C)CC3)c(F)c2)o1. The Labute approximate surface area is 163 Å². The van der Waals surface area contributed by atoms with Crippen LogP contribution in [0.15, 0.2) is 28.7 Å². The highest BCUT2D eigenvalue weighted by Gasteiger charge is 2.24. The van der Waals surface area contributed by atoms with Gasteiger partial charge in [-0.05, 0) is 51.8 Å². The van der Waals surface area contributed by atoms with Crippen LogP contribution in [0.1, 0.15) is 39.7 Å². The highest BCUT2D eigenvalue weighted by molar-refractivity contribution is 5.73. The Morgan fingerprint density at radius 1 is 1.36 bits per heavy atom. The fraction of sp³-hybridized carbons (Fsp3) is 0.450. The van der Waals surface area contributed by atoms with Crippen LogP contribution in [0.3, 0.4) is 0 Å². The first-order valence-electron chi connectivity index (χ1n) is 9.31. The predicted octanol–water partition coefficient (Wildman–Crippen LogP) is 4.33. The molecule has 0 bridgehead atoms. The fourth-order valence-corrected chi connectivity index (χ4v) is 2.88. The van der Waals surface area contributed by atoms with Crippen molar-refractivity contribution >= 4 is 17.7 Å². The Bertz CT molecular complexity index is 886. The smallest absolute Gasteiger partial charge is 0.410 e. The van der Waals surface area contributed by atoms with Crippen LogP contribution in [0.2, 0.25) is 0 Å². The molecular weight excluding hydrogens is 363 g/mol. The van der Waals surface area contributed by atoms with Crippen LogP contribution in [-0.4, -0.2) is 46.4 Å². The van der Waals surface area contributed by atoms with Crippen LogP contribution in [0, 0.1) is 5.82 Å². The normalized spacial score (nSPS) is 14.6. The maximum atomic E-state index is 14.7. The molecule has 0 saturated heterocycles. The number of amides is 1. The summed E-state index contributed by atoms with van der Waals surface area (Å²) >= 11 is 0. The first-order valence-corrected chi connectivity index (χ1v) is 9.31. The third-order valence-corrected chi connectivity index (χ3v) is 4.18. The lowest BCUT2D eigenvalue weighted by Gasteiger charge is -2.29. The van der Waals surface area contributed by atoms with Gasteiger partial charge < -0.3 is 19.4 Å². The Balaban J connectivity index is 1.71. The van der Waals surface area contributed by atoms with Crippen molar-refractivity contribution < 1.29 is 18.3 Å². The quantitative estimate of drug-likeness (QED) is 0.840. The van der Waals surface area contributed by atoms with Crippen molar-refractivity contribution in [2.24, 2.45) is 0 Å². The van der Waals surface area contributed by atoms with E-state index >= 15 is 0 Å². The third kappa shape index (κ3) is 4.68. The maximum Gasteiger partial charge on any atom is 0.410 e. The van der Waals surface area contributed by atoms with Crippen LogP contribution < -0.4 is 5.32 Å². The number of nitrogens with zero attached hydrogens (tertiary/aromatic N) is 3. The summed E-state index contributed by atoms with van der Waals surface area (Å²) < 4.78 is 25.5. The second-order valence-corrected chi connectivity index (χ2v) is 7.54. The molecule has 0 atom stereocenters. The molecule has 0 spiro atoms. The number of carbonyl (C=O) groups is 1. The summed E-state index contributed by atoms with van der Waals surface area (Å²) in [4.78, 5) is 13.8. The summed E-state index contributed by atoms with van der Waals surface area (Å²) in [6.45, 7) is 8.94. The van der Waals surface area contributed by atoms with Gasteiger partial charge in [0.25, 0.3) is 0 Å². The van der Waals surface area contributed by atoms with Gasteiger partial charge in [-0.1, -0.05) is 17.2 Å². The largest absolute Gasteiger partial charge is 0.444 e. The van der Waals surface area contributed by atoms with Gasteiger partial charge in [0.05, 0.1) is 0 Å². The van der Waals surface area contributed by atoms with Gasteiger partial charge in [0.2, 0.25) is 5.89 Å². The maximum absolute atomic E-state index is 14.7. The molecule has 7 nitrogen and oxygen atoms in total. The number of benzene rings is 1. The Morgan fingerprint density at radius 3 is 2.75 bits per heavy atom. The van der Waals surface area contributed by atoms with Crippen LogP contribution >= 0.6 is 0 Å². The summed E-state index contributed by atoms with van der Waals surface area (Å²) in [7, 11) is 0. The first-order chi connectivity index (χ1) is 13.3. The van der Waals surface area contributed by atoms with E-state index in [1.54, 1.807) is 17.0 Å². The molecule has 0 fully saturated rings. The van der Waals surface area contributed by atoms with E-state index in [9.17, 15) is 9.18 Å². The number of aromatic nitrogens is 2. The van der Waals surface area contributed by atoms with Crippen molar-refractivity contribution in [3.8, 4) is 11.5 Å². The number of hydrogen-bond donors (Lipinski definition) is 1. The van der Waals surface area contributed by atoms with Crippen LogP contribution in [-0.2, 0) is 4.74 Å². The summed E-state index contributed by atoms with van der Waals surface area (Å²) in [6.07, 6.45) is 2.06. The molecule has 1 N–H and O–H groups in total. The molecule has 0 aliphatic carbocycles. The molecule has 28 heavy (non-hydrogen) atoms. The van der Waals surface area contributed by atoms with Gasteiger partial charge in [0.15, 0.2) is 0 Å². The summed E-state index contributed by atoms with van der Waals surface area (Å²) in [5.74, 6) is -0.104. The number of rotatable bonds is 4. The van der Waals surface area contributed by atoms with E-state index in [0.29, 0.717) is 43.2 Å². The van der Waals surface area contributed by atoms with E-state index in [-0.39, 0.29) is 17.8 Å². The minimum Gasteiger partial charge on any atom is -0.444 e. The van der Waals surface area contributed by atoms with Crippen molar-refractivity contribution in [3.63, 3.8) is 0 Å². The van der Waals surface area contributed by atoms with Gasteiger partial charge in [0.1, 0.15) is 11.4 Å². The van der Waals surface area contributed by atoms with Crippen molar-refractivity contribution in [2.75, 3.05) is 25.0 Å². The second kappa shape index (κ2) is 8.00. The Kier molecular flexibility index (Phi) is 5.67. The highest BCUT2D eigenvalue weighted by atomic mass is 19.1. The molecule has 1 amide bonds. The van der Waals surface area contributed by atoms with Crippen molar-refractivity contribution in [2.45, 2.75) is 39.7 Å². The topological polar surface area (TPSA) is 80.5 Å². The van der Waals surface area contributed by atoms with E-state index in [4.69, 9.17) is 9.15 Å². The molecule has 1 aliphatic rings. The van der Waals surface area contributed by atoms with Gasteiger partial charge in [-0.3, -0.25) is 0 Å². The number of carbonyl (C=O) groups excluding carboxylic acids is 1. The summed E-state index contributed by atoms with van der Waals surface area (Å²) in [6, 6.07) is 5.15. The Hall–Kier alpha value is -2.90. The van der Waals surface area contributed by atoms with E-state index < -0.39 is 5.60 Å². The molecule has 150 valence electrons. The van der Waals surface area contributed by atoms with E-state index in [1.807, 2.05) is 33.8 Å². The molecule has 3 rings (SSSR count). The van der Waals surface area contributed by atoms with Crippen LogP contribution in [0.4, 0.5) is 15.2 Å². The molecule has 2 aromatic rings. The van der Waals surface area contributed by atoms with Gasteiger partial charge in [0, 0.05) is 30.8 Å². The lowest BCUT2D eigenvalue weighted by Crippen LogP contribution is -2.39. The standard InChI is InChI=1S/C20H25FN4O3/c1-5-22-18-24-23-17(27-18)14-6-7-15(16(21)12-14)13-8-10-25(11-9-13)19(26)28-20(2,3)4/h6-8,12H,5,9-11H2,1-4H3,(H,22,24). The van der Waals surface area contributed by atoms with Crippen LogP contribution in [0.5, 0.6) is 0 Å². The van der Waals surface area contributed by atoms with E-state index in [2.05, 4.69) is 15.5 Å². The van der Waals surface area contributed by atoms with Crippen LogP contribution in [0.25, 0.3) is 17.0 Å². The van der Waals surface area contributed by atoms with Crippen molar-refractivity contribution in [1.29, 1.82) is 0 Å². The molecule has 1 aromatic carbocycles. The minimum atomic E-state index is -0.537. The first kappa shape index (κ1) is 19.9. The predicted molar refractivity (Wildman–Crippen MR) is 104 cm³/mol. The molecular formula is C20H25FN4O3. The van der Waals surface area contributed by atoms with Crippen molar-refractivity contribution in [3.05, 3.63) is 35.7 Å². The number of nitrogens with one attached hydrogen (secondary N) is 1. The lowest BCUT2D eigenvalue weighted by atomic mass is 9.98. The molecule has 0 radical (unpaired) electrons. The molecule has 1 aliphatic heterocycles. The number of anilines is 1. The zero-order chi connectivity index (χ0) is 20.3. The minimum absolute atomic E-state index is 0.259. The van der Waals surface area contributed by atoms with Gasteiger partial charge in [-0.15, -0.1) is 5.10 Å².